The second-order valence-corrected chi connectivity index (χ2v) is 9.77. The standard InChI is InChI=1S/C18H28N6O2S3/c1-3-5-7-13(25)19-17-23-21-15(28-17)9-11-27-12-10-16-22-24-18(29-16)20-14(26)8-6-4-2/h3-12H2,1-2H3,(H,19,23,25)(H,20,24,26). The summed E-state index contributed by atoms with van der Waals surface area (Å²) in [4.78, 5) is 23.4. The van der Waals surface area contributed by atoms with E-state index in [1.807, 2.05) is 11.8 Å². The van der Waals surface area contributed by atoms with Gasteiger partial charge in [0.15, 0.2) is 0 Å². The zero-order chi connectivity index (χ0) is 20.9. The summed E-state index contributed by atoms with van der Waals surface area (Å²) in [7, 11) is 0. The molecule has 2 N–H and O–H groups in total. The van der Waals surface area contributed by atoms with Crippen molar-refractivity contribution in [3.8, 4) is 0 Å². The van der Waals surface area contributed by atoms with Crippen molar-refractivity contribution >= 4 is 56.5 Å². The third-order valence-electron chi connectivity index (χ3n) is 3.86. The van der Waals surface area contributed by atoms with E-state index in [0.717, 1.165) is 60.0 Å². The van der Waals surface area contributed by atoms with Crippen molar-refractivity contribution in [2.75, 3.05) is 22.1 Å². The maximum absolute atomic E-state index is 11.7. The lowest BCUT2D eigenvalue weighted by atomic mass is 10.2. The van der Waals surface area contributed by atoms with Crippen LogP contribution in [0, 0.1) is 0 Å². The highest BCUT2D eigenvalue weighted by Crippen LogP contribution is 2.20. The maximum atomic E-state index is 11.7. The summed E-state index contributed by atoms with van der Waals surface area (Å²) in [6, 6.07) is 0. The first-order valence-corrected chi connectivity index (χ1v) is 12.7. The van der Waals surface area contributed by atoms with E-state index >= 15 is 0 Å². The minimum atomic E-state index is 0.00176. The van der Waals surface area contributed by atoms with E-state index in [-0.39, 0.29) is 11.8 Å². The first-order chi connectivity index (χ1) is 14.1. The number of nitrogens with one attached hydrogen (secondary N) is 2. The zero-order valence-electron chi connectivity index (χ0n) is 16.9. The molecule has 0 aromatic carbocycles. The average molecular weight is 457 g/mol. The van der Waals surface area contributed by atoms with E-state index in [2.05, 4.69) is 44.9 Å². The van der Waals surface area contributed by atoms with Crippen LogP contribution in [0.15, 0.2) is 0 Å². The van der Waals surface area contributed by atoms with Crippen LogP contribution < -0.4 is 10.6 Å². The lowest BCUT2D eigenvalue weighted by Gasteiger charge is -1.99. The quantitative estimate of drug-likeness (QED) is 0.411. The summed E-state index contributed by atoms with van der Waals surface area (Å²) in [5, 5.41) is 25.0. The van der Waals surface area contributed by atoms with Crippen LogP contribution in [0.25, 0.3) is 0 Å². The molecule has 160 valence electrons. The van der Waals surface area contributed by atoms with E-state index in [9.17, 15) is 9.59 Å². The van der Waals surface area contributed by atoms with Crippen molar-refractivity contribution in [3.63, 3.8) is 0 Å². The molecule has 0 aliphatic rings. The monoisotopic (exact) mass is 456 g/mol. The van der Waals surface area contributed by atoms with Gasteiger partial charge >= 0.3 is 0 Å². The lowest BCUT2D eigenvalue weighted by Crippen LogP contribution is -2.10. The number of nitrogens with zero attached hydrogens (tertiary/aromatic N) is 4. The van der Waals surface area contributed by atoms with Crippen LogP contribution in [-0.2, 0) is 22.4 Å². The summed E-state index contributed by atoms with van der Waals surface area (Å²) >= 11 is 4.69. The van der Waals surface area contributed by atoms with Gasteiger partial charge in [-0.15, -0.1) is 20.4 Å². The molecule has 2 aromatic rings. The molecule has 0 fully saturated rings. The number of aryl methyl sites for hydroxylation is 2. The van der Waals surface area contributed by atoms with Crippen molar-refractivity contribution < 1.29 is 9.59 Å². The maximum Gasteiger partial charge on any atom is 0.226 e. The van der Waals surface area contributed by atoms with E-state index in [0.29, 0.717) is 23.1 Å². The number of rotatable bonds is 14. The number of unbranched alkanes of at least 4 members (excludes halogenated alkanes) is 2. The SMILES string of the molecule is CCCCC(=O)Nc1nnc(CCSCCc2nnc(NC(=O)CCCC)s2)s1. The molecule has 2 amide bonds. The molecule has 29 heavy (non-hydrogen) atoms. The van der Waals surface area contributed by atoms with Crippen molar-refractivity contribution in [3.05, 3.63) is 10.0 Å². The highest BCUT2D eigenvalue weighted by molar-refractivity contribution is 7.99. The number of carbonyl (C=O) groups is 2. The van der Waals surface area contributed by atoms with Crippen molar-refractivity contribution in [1.82, 2.24) is 20.4 Å². The molecule has 2 rings (SSSR count). The first kappa shape index (κ1) is 23.7. The number of aromatic nitrogens is 4. The van der Waals surface area contributed by atoms with Gasteiger partial charge in [0, 0.05) is 25.7 Å². The summed E-state index contributed by atoms with van der Waals surface area (Å²) in [5.74, 6) is 1.86. The Morgan fingerprint density at radius 1 is 0.793 bits per heavy atom. The van der Waals surface area contributed by atoms with Gasteiger partial charge in [-0.1, -0.05) is 49.4 Å². The Morgan fingerprint density at radius 3 is 1.66 bits per heavy atom. The van der Waals surface area contributed by atoms with Gasteiger partial charge in [-0.2, -0.15) is 11.8 Å². The molecule has 0 saturated heterocycles. The van der Waals surface area contributed by atoms with Crippen LogP contribution in [0.5, 0.6) is 0 Å². The molecule has 11 heteroatoms. The van der Waals surface area contributed by atoms with Crippen molar-refractivity contribution in [2.45, 2.75) is 65.2 Å². The predicted molar refractivity (Wildman–Crippen MR) is 121 cm³/mol. The second-order valence-electron chi connectivity index (χ2n) is 6.42. The smallest absolute Gasteiger partial charge is 0.226 e. The average Bonchev–Trinajstić information content (AvgIpc) is 3.34. The van der Waals surface area contributed by atoms with Gasteiger partial charge in [0.2, 0.25) is 22.1 Å². The van der Waals surface area contributed by atoms with E-state index < -0.39 is 0 Å². The van der Waals surface area contributed by atoms with Crippen LogP contribution in [0.1, 0.15) is 62.4 Å². The number of thioether (sulfide) groups is 1. The third kappa shape index (κ3) is 9.64. The molecule has 0 saturated carbocycles. The number of amides is 2. The molecule has 0 radical (unpaired) electrons. The van der Waals surface area contributed by atoms with Crippen LogP contribution in [0.4, 0.5) is 10.3 Å². The number of hydrogen-bond acceptors (Lipinski definition) is 9. The van der Waals surface area contributed by atoms with Gasteiger partial charge in [0.05, 0.1) is 0 Å². The van der Waals surface area contributed by atoms with Gasteiger partial charge < -0.3 is 10.6 Å². The van der Waals surface area contributed by atoms with Crippen LogP contribution >= 0.6 is 34.4 Å². The van der Waals surface area contributed by atoms with Gasteiger partial charge in [-0.25, -0.2) is 0 Å². The molecule has 0 bridgehead atoms. The molecule has 0 aliphatic carbocycles. The molecule has 0 spiro atoms. The topological polar surface area (TPSA) is 110 Å². The molecule has 8 nitrogen and oxygen atoms in total. The fourth-order valence-corrected chi connectivity index (χ4v) is 4.92. The van der Waals surface area contributed by atoms with Gasteiger partial charge in [-0.3, -0.25) is 9.59 Å². The zero-order valence-corrected chi connectivity index (χ0v) is 19.4. The minimum absolute atomic E-state index is 0.00176. The summed E-state index contributed by atoms with van der Waals surface area (Å²) in [6.45, 7) is 4.12. The van der Waals surface area contributed by atoms with Crippen molar-refractivity contribution in [1.29, 1.82) is 0 Å². The molecule has 2 aromatic heterocycles. The normalized spacial score (nSPS) is 10.8. The summed E-state index contributed by atoms with van der Waals surface area (Å²) in [5.41, 5.74) is 0. The van der Waals surface area contributed by atoms with Crippen LogP contribution in [0.3, 0.4) is 0 Å². The molecule has 2 heterocycles. The molecular formula is C18H28N6O2S3. The molecular weight excluding hydrogens is 428 g/mol. The molecule has 0 unspecified atom stereocenters. The van der Waals surface area contributed by atoms with Gasteiger partial charge in [-0.05, 0) is 24.3 Å². The Morgan fingerprint density at radius 2 is 1.24 bits per heavy atom. The second kappa shape index (κ2) is 13.6. The van der Waals surface area contributed by atoms with Crippen LogP contribution in [-0.4, -0.2) is 43.7 Å². The number of hydrogen-bond donors (Lipinski definition) is 2. The summed E-state index contributed by atoms with van der Waals surface area (Å²) in [6.07, 6.45) is 6.46. The Hall–Kier alpha value is -1.59. The lowest BCUT2D eigenvalue weighted by molar-refractivity contribution is -0.117. The number of carbonyl (C=O) groups excluding carboxylic acids is 2. The highest BCUT2D eigenvalue weighted by atomic mass is 32.2. The minimum Gasteiger partial charge on any atom is -0.301 e. The predicted octanol–water partition coefficient (Wildman–Crippen LogP) is 4.17. The molecule has 0 aliphatic heterocycles. The highest BCUT2D eigenvalue weighted by Gasteiger charge is 2.09. The fourth-order valence-electron chi connectivity index (χ4n) is 2.27. The van der Waals surface area contributed by atoms with Gasteiger partial charge in [0.25, 0.3) is 0 Å². The van der Waals surface area contributed by atoms with Crippen molar-refractivity contribution in [2.24, 2.45) is 0 Å². The van der Waals surface area contributed by atoms with Crippen LogP contribution in [0.2, 0.25) is 0 Å². The Bertz CT molecular complexity index is 702. The summed E-state index contributed by atoms with van der Waals surface area (Å²) < 4.78 is 0. The first-order valence-electron chi connectivity index (χ1n) is 9.92. The Balaban J connectivity index is 1.60. The number of anilines is 2. The fraction of sp³-hybridized carbons (Fsp3) is 0.667. The van der Waals surface area contributed by atoms with E-state index in [4.69, 9.17) is 0 Å². The van der Waals surface area contributed by atoms with Gasteiger partial charge in [0.1, 0.15) is 10.0 Å². The Labute approximate surface area is 183 Å². The molecule has 0 atom stereocenters. The largest absolute Gasteiger partial charge is 0.301 e. The van der Waals surface area contributed by atoms with E-state index in [1.54, 1.807) is 0 Å². The van der Waals surface area contributed by atoms with E-state index in [1.165, 1.54) is 22.7 Å². The third-order valence-corrected chi connectivity index (χ3v) is 6.64. The Kier molecular flexibility index (Phi) is 11.1.